The van der Waals surface area contributed by atoms with E-state index in [1.807, 2.05) is 6.26 Å². The number of benzene rings is 1. The molecule has 0 saturated heterocycles. The molecule has 0 atom stereocenters. The Labute approximate surface area is 145 Å². The third kappa shape index (κ3) is 2.50. The normalized spacial score (nSPS) is 11.3. The first-order valence-electron chi connectivity index (χ1n) is 6.14. The molecule has 9 heteroatoms. The van der Waals surface area contributed by atoms with Gasteiger partial charge in [0.05, 0.1) is 15.4 Å². The number of nitrogens with zero attached hydrogens (tertiary/aromatic N) is 4. The van der Waals surface area contributed by atoms with Crippen LogP contribution in [0.3, 0.4) is 0 Å². The highest BCUT2D eigenvalue weighted by Crippen LogP contribution is 2.36. The molecule has 0 fully saturated rings. The third-order valence-corrected chi connectivity index (χ3v) is 4.49. The van der Waals surface area contributed by atoms with Crippen LogP contribution in [0.1, 0.15) is 5.82 Å². The van der Waals surface area contributed by atoms with Gasteiger partial charge in [0.25, 0.3) is 0 Å². The summed E-state index contributed by atoms with van der Waals surface area (Å²) in [5.74, 6) is 0.916. The van der Waals surface area contributed by atoms with Crippen LogP contribution in [0.4, 0.5) is 5.82 Å². The Morgan fingerprint density at radius 2 is 1.77 bits per heavy atom. The molecule has 5 nitrogen and oxygen atoms in total. The van der Waals surface area contributed by atoms with Crippen molar-refractivity contribution in [3.05, 3.63) is 33.0 Å². The lowest BCUT2D eigenvalue weighted by molar-refractivity contribution is 0.849. The molecule has 2 N–H and O–H groups in total. The maximum atomic E-state index is 6.29. The highest BCUT2D eigenvalue weighted by atomic mass is 35.5. The van der Waals surface area contributed by atoms with Gasteiger partial charge < -0.3 is 5.73 Å². The molecular weight excluding hydrogens is 365 g/mol. The predicted molar refractivity (Wildman–Crippen MR) is 92.6 cm³/mol. The number of thioether (sulfide) groups is 1. The van der Waals surface area contributed by atoms with E-state index in [4.69, 9.17) is 40.5 Å². The van der Waals surface area contributed by atoms with Gasteiger partial charge in [0.15, 0.2) is 5.65 Å². The number of rotatable bonds is 2. The molecule has 0 aliphatic heterocycles. The summed E-state index contributed by atoms with van der Waals surface area (Å²) in [7, 11) is 0. The van der Waals surface area contributed by atoms with Gasteiger partial charge in [-0.3, -0.25) is 0 Å². The van der Waals surface area contributed by atoms with Crippen molar-refractivity contribution in [2.24, 2.45) is 0 Å². The molecule has 3 rings (SSSR count). The quantitative estimate of drug-likeness (QED) is 0.674. The lowest BCUT2D eigenvalue weighted by atomic mass is 10.3. The SMILES string of the molecule is CSc1nn(-c2c(Cl)cc(Cl)cc2Cl)c2nc(C)nc(N)c12. The molecule has 2 heterocycles. The van der Waals surface area contributed by atoms with Crippen molar-refractivity contribution in [1.29, 1.82) is 0 Å². The number of nitrogens with two attached hydrogens (primary N) is 1. The lowest BCUT2D eigenvalue weighted by Crippen LogP contribution is -2.02. The highest BCUT2D eigenvalue weighted by Gasteiger charge is 2.20. The van der Waals surface area contributed by atoms with Gasteiger partial charge >= 0.3 is 0 Å². The molecule has 0 amide bonds. The molecule has 0 aliphatic carbocycles. The van der Waals surface area contributed by atoms with Gasteiger partial charge in [-0.25, -0.2) is 14.6 Å². The third-order valence-electron chi connectivity index (χ3n) is 3.02. The van der Waals surface area contributed by atoms with Crippen LogP contribution in [-0.2, 0) is 0 Å². The van der Waals surface area contributed by atoms with Crippen LogP contribution in [0.5, 0.6) is 0 Å². The summed E-state index contributed by atoms with van der Waals surface area (Å²) in [5.41, 5.74) is 7.09. The van der Waals surface area contributed by atoms with E-state index >= 15 is 0 Å². The molecule has 0 bridgehead atoms. The highest BCUT2D eigenvalue weighted by molar-refractivity contribution is 7.98. The first-order valence-corrected chi connectivity index (χ1v) is 8.50. The fourth-order valence-corrected chi connectivity index (χ4v) is 3.70. The van der Waals surface area contributed by atoms with Crippen LogP contribution < -0.4 is 5.73 Å². The van der Waals surface area contributed by atoms with Crippen molar-refractivity contribution < 1.29 is 0 Å². The van der Waals surface area contributed by atoms with Crippen LogP contribution in [0.15, 0.2) is 17.2 Å². The molecule has 114 valence electrons. The van der Waals surface area contributed by atoms with Crippen LogP contribution in [0.25, 0.3) is 16.7 Å². The van der Waals surface area contributed by atoms with E-state index < -0.39 is 0 Å². The first-order chi connectivity index (χ1) is 10.4. The molecule has 0 aliphatic rings. The zero-order valence-electron chi connectivity index (χ0n) is 11.6. The standard InChI is InChI=1S/C13H10Cl3N5S/c1-5-18-11(17)9-12(19-5)21(20-13(9)22-2)10-7(15)3-6(14)4-8(10)16/h3-4H,1-2H3,(H2,17,18,19). The number of hydrogen-bond donors (Lipinski definition) is 1. The molecule has 0 unspecified atom stereocenters. The van der Waals surface area contributed by atoms with Gasteiger partial charge in [-0.1, -0.05) is 34.8 Å². The number of halogens is 3. The summed E-state index contributed by atoms with van der Waals surface area (Å²) in [4.78, 5) is 8.62. The smallest absolute Gasteiger partial charge is 0.170 e. The summed E-state index contributed by atoms with van der Waals surface area (Å²) in [6.45, 7) is 1.76. The Hall–Kier alpha value is -1.21. The number of anilines is 1. The Morgan fingerprint density at radius 3 is 2.36 bits per heavy atom. The zero-order valence-corrected chi connectivity index (χ0v) is 14.6. The number of nitrogen functional groups attached to an aromatic ring is 1. The number of aromatic nitrogens is 4. The zero-order chi connectivity index (χ0) is 16.0. The van der Waals surface area contributed by atoms with Gasteiger partial charge in [-0.15, -0.1) is 11.8 Å². The van der Waals surface area contributed by atoms with Gasteiger partial charge in [0.2, 0.25) is 0 Å². The maximum absolute atomic E-state index is 6.29. The Bertz CT molecular complexity index is 870. The van der Waals surface area contributed by atoms with Crippen molar-refractivity contribution in [3.8, 4) is 5.69 Å². The molecule has 0 spiro atoms. The summed E-state index contributed by atoms with van der Waals surface area (Å²) in [6, 6.07) is 3.21. The molecule has 22 heavy (non-hydrogen) atoms. The van der Waals surface area contributed by atoms with Gasteiger partial charge in [-0.2, -0.15) is 5.10 Å². The van der Waals surface area contributed by atoms with Crippen molar-refractivity contribution in [2.75, 3.05) is 12.0 Å². The van der Waals surface area contributed by atoms with E-state index in [0.29, 0.717) is 48.5 Å². The Kier molecular flexibility index (Phi) is 4.11. The minimum Gasteiger partial charge on any atom is -0.383 e. The summed E-state index contributed by atoms with van der Waals surface area (Å²) < 4.78 is 1.58. The average molecular weight is 375 g/mol. The number of fused-ring (bicyclic) bond motifs is 1. The van der Waals surface area contributed by atoms with Gasteiger partial charge in [-0.05, 0) is 25.3 Å². The summed E-state index contributed by atoms with van der Waals surface area (Å²) in [6.07, 6.45) is 1.90. The van der Waals surface area contributed by atoms with Crippen LogP contribution in [0.2, 0.25) is 15.1 Å². The second-order valence-electron chi connectivity index (χ2n) is 4.49. The monoisotopic (exact) mass is 373 g/mol. The number of aryl methyl sites for hydroxylation is 1. The molecule has 0 radical (unpaired) electrons. The Morgan fingerprint density at radius 1 is 1.14 bits per heavy atom. The minimum atomic E-state index is 0.374. The fraction of sp³-hybridized carbons (Fsp3) is 0.154. The van der Waals surface area contributed by atoms with Crippen molar-refractivity contribution in [1.82, 2.24) is 19.7 Å². The van der Waals surface area contributed by atoms with E-state index in [0.717, 1.165) is 0 Å². The average Bonchev–Trinajstić information content (AvgIpc) is 2.76. The topological polar surface area (TPSA) is 69.6 Å². The van der Waals surface area contributed by atoms with E-state index in [1.54, 1.807) is 23.7 Å². The van der Waals surface area contributed by atoms with Crippen molar-refractivity contribution in [2.45, 2.75) is 11.9 Å². The fourth-order valence-electron chi connectivity index (χ4n) is 2.16. The Balaban J connectivity index is 2.42. The van der Waals surface area contributed by atoms with Crippen molar-refractivity contribution in [3.63, 3.8) is 0 Å². The largest absolute Gasteiger partial charge is 0.383 e. The van der Waals surface area contributed by atoms with E-state index in [2.05, 4.69) is 15.1 Å². The first kappa shape index (κ1) is 15.7. The second kappa shape index (κ2) is 5.77. The van der Waals surface area contributed by atoms with Crippen LogP contribution in [-0.4, -0.2) is 26.0 Å². The molecule has 0 saturated carbocycles. The summed E-state index contributed by atoms with van der Waals surface area (Å²) in [5, 5.41) is 7.11. The van der Waals surface area contributed by atoms with E-state index in [9.17, 15) is 0 Å². The molecule has 3 aromatic rings. The van der Waals surface area contributed by atoms with Crippen molar-refractivity contribution >= 4 is 63.4 Å². The van der Waals surface area contributed by atoms with E-state index in [1.165, 1.54) is 11.8 Å². The number of hydrogen-bond acceptors (Lipinski definition) is 5. The summed E-state index contributed by atoms with van der Waals surface area (Å²) >= 11 is 20.0. The second-order valence-corrected chi connectivity index (χ2v) is 6.54. The molecule has 1 aromatic carbocycles. The predicted octanol–water partition coefficient (Wildman–Crippen LogP) is 4.39. The molecular formula is C13H10Cl3N5S. The lowest BCUT2D eigenvalue weighted by Gasteiger charge is -2.09. The maximum Gasteiger partial charge on any atom is 0.170 e. The van der Waals surface area contributed by atoms with Gasteiger partial charge in [0, 0.05) is 5.02 Å². The van der Waals surface area contributed by atoms with Gasteiger partial charge in [0.1, 0.15) is 22.4 Å². The molecule has 2 aromatic heterocycles. The van der Waals surface area contributed by atoms with E-state index in [-0.39, 0.29) is 0 Å². The minimum absolute atomic E-state index is 0.374. The van der Waals surface area contributed by atoms with Crippen LogP contribution in [0, 0.1) is 6.92 Å². The van der Waals surface area contributed by atoms with Crippen LogP contribution >= 0.6 is 46.6 Å².